The molecule has 198 valence electrons. The maximum Gasteiger partial charge on any atom is 0.573 e. The first-order chi connectivity index (χ1) is 18.0. The fourth-order valence-corrected chi connectivity index (χ4v) is 6.09. The Labute approximate surface area is 220 Å². The van der Waals surface area contributed by atoms with Gasteiger partial charge in [0.2, 0.25) is 0 Å². The highest BCUT2D eigenvalue weighted by Crippen LogP contribution is 2.37. The summed E-state index contributed by atoms with van der Waals surface area (Å²) >= 11 is 6.44. The van der Waals surface area contributed by atoms with E-state index in [1.165, 1.54) is 41.2 Å². The Balaban J connectivity index is 1.57. The minimum absolute atomic E-state index is 0.00431. The standard InChI is InChI=1S/C25H20ClF3N4O4S/c26-21-4-2-1-3-18(21)19-13-30-23-20(24(34)32-16-9-11-38(35,36)12-10-16)14-31-33(23)22(19)15-5-7-17(8-6-15)37-25(27,28)29/h1-8,13-14,16H,9-12H2,(H,32,34). The monoisotopic (exact) mass is 564 g/mol. The molecule has 1 aliphatic rings. The zero-order valence-corrected chi connectivity index (χ0v) is 21.1. The number of sulfone groups is 1. The number of fused-ring (bicyclic) bond motifs is 1. The van der Waals surface area contributed by atoms with E-state index >= 15 is 0 Å². The van der Waals surface area contributed by atoms with Gasteiger partial charge in [-0.15, -0.1) is 13.2 Å². The SMILES string of the molecule is O=C(NC1CCS(=O)(=O)CC1)c1cnn2c(-c3ccc(OC(F)(F)F)cc3)c(-c3ccccc3Cl)cnc12. The number of carbonyl (C=O) groups excluding carboxylic acids is 1. The van der Waals surface area contributed by atoms with E-state index in [1.807, 2.05) is 0 Å². The second-order valence-corrected chi connectivity index (χ2v) is 11.5. The van der Waals surface area contributed by atoms with Gasteiger partial charge in [-0.2, -0.15) is 5.10 Å². The minimum atomic E-state index is -4.83. The van der Waals surface area contributed by atoms with E-state index in [0.29, 0.717) is 40.2 Å². The molecule has 0 saturated carbocycles. The van der Waals surface area contributed by atoms with Gasteiger partial charge in [-0.1, -0.05) is 29.8 Å². The van der Waals surface area contributed by atoms with Gasteiger partial charge in [-0.05, 0) is 43.2 Å². The lowest BCUT2D eigenvalue weighted by Crippen LogP contribution is -2.40. The van der Waals surface area contributed by atoms with Crippen molar-refractivity contribution in [3.63, 3.8) is 0 Å². The summed E-state index contributed by atoms with van der Waals surface area (Å²) in [6.45, 7) is 0. The van der Waals surface area contributed by atoms with Crippen molar-refractivity contribution in [2.45, 2.75) is 25.2 Å². The Morgan fingerprint density at radius 3 is 2.37 bits per heavy atom. The van der Waals surface area contributed by atoms with E-state index in [0.717, 1.165) is 0 Å². The number of nitrogens with one attached hydrogen (secondary N) is 1. The molecule has 13 heteroatoms. The highest BCUT2D eigenvalue weighted by atomic mass is 35.5. The number of alkyl halides is 3. The average molecular weight is 565 g/mol. The normalized spacial score (nSPS) is 15.9. The van der Waals surface area contributed by atoms with Gasteiger partial charge in [0.15, 0.2) is 5.65 Å². The van der Waals surface area contributed by atoms with E-state index < -0.39 is 22.1 Å². The zero-order valence-electron chi connectivity index (χ0n) is 19.6. The molecule has 0 radical (unpaired) electrons. The van der Waals surface area contributed by atoms with Gasteiger partial charge >= 0.3 is 6.36 Å². The fourth-order valence-electron chi connectivity index (χ4n) is 4.36. The van der Waals surface area contributed by atoms with Crippen LogP contribution in [0.3, 0.4) is 0 Å². The molecule has 3 heterocycles. The quantitative estimate of drug-likeness (QED) is 0.369. The highest BCUT2D eigenvalue weighted by molar-refractivity contribution is 7.91. The third-order valence-corrected chi connectivity index (χ3v) is 8.23. The van der Waals surface area contributed by atoms with Crippen LogP contribution in [0.15, 0.2) is 60.9 Å². The lowest BCUT2D eigenvalue weighted by Gasteiger charge is -2.22. The van der Waals surface area contributed by atoms with Crippen LogP contribution in [0, 0.1) is 0 Å². The molecule has 0 bridgehead atoms. The largest absolute Gasteiger partial charge is 0.573 e. The van der Waals surface area contributed by atoms with E-state index in [1.54, 1.807) is 24.3 Å². The van der Waals surface area contributed by atoms with Gasteiger partial charge in [0.25, 0.3) is 5.91 Å². The van der Waals surface area contributed by atoms with Crippen LogP contribution < -0.4 is 10.1 Å². The summed E-state index contributed by atoms with van der Waals surface area (Å²) in [6, 6.07) is 11.9. The topological polar surface area (TPSA) is 103 Å². The lowest BCUT2D eigenvalue weighted by molar-refractivity contribution is -0.274. The van der Waals surface area contributed by atoms with Crippen LogP contribution in [0.5, 0.6) is 5.75 Å². The van der Waals surface area contributed by atoms with Gasteiger partial charge in [0.1, 0.15) is 21.2 Å². The van der Waals surface area contributed by atoms with Crippen molar-refractivity contribution in [3.8, 4) is 28.1 Å². The third kappa shape index (κ3) is 5.46. The minimum Gasteiger partial charge on any atom is -0.406 e. The lowest BCUT2D eigenvalue weighted by atomic mass is 10.0. The molecular weight excluding hydrogens is 545 g/mol. The van der Waals surface area contributed by atoms with Crippen LogP contribution in [-0.4, -0.2) is 52.8 Å². The molecule has 2 aromatic heterocycles. The van der Waals surface area contributed by atoms with Crippen molar-refractivity contribution in [2.75, 3.05) is 11.5 Å². The Morgan fingerprint density at radius 2 is 1.71 bits per heavy atom. The molecule has 1 aliphatic heterocycles. The molecule has 38 heavy (non-hydrogen) atoms. The number of nitrogens with zero attached hydrogens (tertiary/aromatic N) is 3. The van der Waals surface area contributed by atoms with Crippen molar-refractivity contribution in [3.05, 3.63) is 71.5 Å². The summed E-state index contributed by atoms with van der Waals surface area (Å²) in [5.74, 6) is -0.836. The number of carbonyl (C=O) groups is 1. The summed E-state index contributed by atoms with van der Waals surface area (Å²) < 4.78 is 66.8. The number of rotatable bonds is 5. The third-order valence-electron chi connectivity index (χ3n) is 6.19. The second kappa shape index (κ2) is 9.91. The number of hydrogen-bond acceptors (Lipinski definition) is 6. The number of ether oxygens (including phenoxy) is 1. The number of halogens is 4. The van der Waals surface area contributed by atoms with Gasteiger partial charge in [0.05, 0.1) is 23.4 Å². The first-order valence-corrected chi connectivity index (χ1v) is 13.7. The van der Waals surface area contributed by atoms with Crippen molar-refractivity contribution in [1.82, 2.24) is 19.9 Å². The smallest absolute Gasteiger partial charge is 0.406 e. The van der Waals surface area contributed by atoms with Crippen molar-refractivity contribution in [2.24, 2.45) is 0 Å². The molecule has 4 aromatic rings. The Bertz CT molecular complexity index is 1610. The molecule has 5 rings (SSSR count). The first kappa shape index (κ1) is 26.0. The van der Waals surface area contributed by atoms with Crippen molar-refractivity contribution in [1.29, 1.82) is 0 Å². The van der Waals surface area contributed by atoms with E-state index in [2.05, 4.69) is 20.1 Å². The van der Waals surface area contributed by atoms with Gasteiger partial charge in [-0.25, -0.2) is 17.9 Å². The second-order valence-electron chi connectivity index (χ2n) is 8.77. The molecule has 1 amide bonds. The zero-order chi connectivity index (χ0) is 27.1. The molecule has 1 N–H and O–H groups in total. The molecule has 1 saturated heterocycles. The summed E-state index contributed by atoms with van der Waals surface area (Å²) in [4.78, 5) is 17.5. The van der Waals surface area contributed by atoms with Crippen molar-refractivity contribution < 1.29 is 31.1 Å². The maximum absolute atomic E-state index is 13.1. The molecule has 1 fully saturated rings. The average Bonchev–Trinajstić information content (AvgIpc) is 3.29. The van der Waals surface area contributed by atoms with Gasteiger partial charge < -0.3 is 10.1 Å². The van der Waals surface area contributed by atoms with Crippen LogP contribution in [-0.2, 0) is 9.84 Å². The molecule has 0 aliphatic carbocycles. The van der Waals surface area contributed by atoms with Gasteiger partial charge in [-0.3, -0.25) is 4.79 Å². The van der Waals surface area contributed by atoms with E-state index in [4.69, 9.17) is 11.6 Å². The van der Waals surface area contributed by atoms with Crippen LogP contribution in [0.2, 0.25) is 5.02 Å². The van der Waals surface area contributed by atoms with E-state index in [-0.39, 0.29) is 34.5 Å². The number of amides is 1. The predicted octanol–water partition coefficient (Wildman–Crippen LogP) is 4.92. The van der Waals surface area contributed by atoms with E-state index in [9.17, 15) is 26.4 Å². The Hall–Kier alpha value is -3.64. The van der Waals surface area contributed by atoms with Crippen LogP contribution >= 0.6 is 11.6 Å². The molecule has 8 nitrogen and oxygen atoms in total. The Morgan fingerprint density at radius 1 is 1.03 bits per heavy atom. The van der Waals surface area contributed by atoms with Gasteiger partial charge in [0, 0.05) is 34.0 Å². The first-order valence-electron chi connectivity index (χ1n) is 11.5. The predicted molar refractivity (Wildman–Crippen MR) is 135 cm³/mol. The molecule has 0 unspecified atom stereocenters. The summed E-state index contributed by atoms with van der Waals surface area (Å²) in [7, 11) is -3.09. The van der Waals surface area contributed by atoms with Crippen LogP contribution in [0.1, 0.15) is 23.2 Å². The number of hydrogen-bond donors (Lipinski definition) is 1. The molecular formula is C25H20ClF3N4O4S. The fraction of sp³-hybridized carbons (Fsp3) is 0.240. The molecule has 0 atom stereocenters. The summed E-state index contributed by atoms with van der Waals surface area (Å²) in [5, 5.41) is 7.65. The molecule has 2 aromatic carbocycles. The maximum atomic E-state index is 13.1. The van der Waals surface area contributed by atoms with Crippen molar-refractivity contribution >= 4 is 33.0 Å². The number of benzene rings is 2. The molecule has 0 spiro atoms. The van der Waals surface area contributed by atoms with Crippen LogP contribution in [0.25, 0.3) is 28.0 Å². The highest BCUT2D eigenvalue weighted by Gasteiger charge is 2.31. The summed E-state index contributed by atoms with van der Waals surface area (Å²) in [5.41, 5.74) is 2.47. The number of aromatic nitrogens is 3. The Kier molecular flexibility index (Phi) is 6.78. The summed E-state index contributed by atoms with van der Waals surface area (Å²) in [6.07, 6.45) is -1.33. The van der Waals surface area contributed by atoms with Crippen LogP contribution in [0.4, 0.5) is 13.2 Å².